The van der Waals surface area contributed by atoms with Crippen LogP contribution in [0.15, 0.2) is 191 Å². The molecule has 4 nitrogen and oxygen atoms in total. The molecule has 0 amide bonds. The molecule has 8 aromatic carbocycles. The quantitative estimate of drug-likeness (QED) is 0.173. The summed E-state index contributed by atoms with van der Waals surface area (Å²) in [7, 11) is 0. The van der Waals surface area contributed by atoms with E-state index in [-0.39, 0.29) is 0 Å². The average molecular weight is 699 g/mol. The van der Waals surface area contributed by atoms with Crippen LogP contribution in [0.2, 0.25) is 0 Å². The third-order valence-electron chi connectivity index (χ3n) is 10.2. The van der Waals surface area contributed by atoms with E-state index in [2.05, 4.69) is 168 Å². The molecule has 0 fully saturated rings. The molecule has 0 aliphatic heterocycles. The molecule has 11 aromatic rings. The van der Waals surface area contributed by atoms with Crippen LogP contribution in [0.5, 0.6) is 0 Å². The lowest BCUT2D eigenvalue weighted by molar-refractivity contribution is 0.668. The molecule has 3 aromatic heterocycles. The van der Waals surface area contributed by atoms with Crippen molar-refractivity contribution in [2.24, 2.45) is 0 Å². The summed E-state index contributed by atoms with van der Waals surface area (Å²) in [6.45, 7) is 0. The summed E-state index contributed by atoms with van der Waals surface area (Å²) >= 11 is 1.84. The second-order valence-corrected chi connectivity index (χ2v) is 14.4. The highest BCUT2D eigenvalue weighted by molar-refractivity contribution is 7.26. The van der Waals surface area contributed by atoms with Crippen molar-refractivity contribution in [2.45, 2.75) is 0 Å². The van der Waals surface area contributed by atoms with Crippen molar-refractivity contribution in [1.82, 2.24) is 0 Å². The molecule has 0 saturated carbocycles. The number of anilines is 6. The minimum Gasteiger partial charge on any atom is -0.456 e. The van der Waals surface area contributed by atoms with Crippen molar-refractivity contribution in [1.29, 1.82) is 0 Å². The molecule has 0 aliphatic rings. The van der Waals surface area contributed by atoms with Crippen LogP contribution in [0.25, 0.3) is 64.0 Å². The molecule has 0 bridgehead atoms. The van der Waals surface area contributed by atoms with E-state index in [4.69, 9.17) is 8.83 Å². The SMILES string of the molecule is c1ccc(N(c2ccc3oc4ccccc4c3c2)c2cc(N(c3ccccc3)c3ccc4oc5ccccc5c4c3)c3sc4ccccc4c3c2)cc1. The van der Waals surface area contributed by atoms with E-state index in [1.54, 1.807) is 0 Å². The second-order valence-electron chi connectivity index (χ2n) is 13.3. The maximum absolute atomic E-state index is 6.28. The van der Waals surface area contributed by atoms with Gasteiger partial charge < -0.3 is 18.6 Å². The molecule has 5 heteroatoms. The first-order chi connectivity index (χ1) is 26.3. The van der Waals surface area contributed by atoms with Crippen LogP contribution in [-0.4, -0.2) is 0 Å². The topological polar surface area (TPSA) is 32.8 Å². The standard InChI is InChI=1S/C48H30N2O2S/c1-3-13-31(14-4-1)49(33-23-25-45-39(27-33)36-17-7-10-20-43(36)51-45)35-29-41-38-19-9-12-22-47(38)53-48(41)42(30-35)50(32-15-5-2-6-16-32)34-24-26-46-40(28-34)37-18-8-11-21-44(37)52-46/h1-30H. The molecule has 0 unspecified atom stereocenters. The fourth-order valence-electron chi connectivity index (χ4n) is 7.82. The summed E-state index contributed by atoms with van der Waals surface area (Å²) in [6, 6.07) is 64.4. The molecular weight excluding hydrogens is 669 g/mol. The number of fused-ring (bicyclic) bond motifs is 9. The van der Waals surface area contributed by atoms with Crippen molar-refractivity contribution < 1.29 is 8.83 Å². The Morgan fingerprint density at radius 3 is 1.42 bits per heavy atom. The van der Waals surface area contributed by atoms with Crippen molar-refractivity contribution >= 4 is 110 Å². The van der Waals surface area contributed by atoms with Gasteiger partial charge in [-0.1, -0.05) is 91.0 Å². The van der Waals surface area contributed by atoms with Gasteiger partial charge in [-0.3, -0.25) is 0 Å². The molecule has 0 N–H and O–H groups in total. The van der Waals surface area contributed by atoms with Crippen molar-refractivity contribution in [2.75, 3.05) is 9.80 Å². The number of benzene rings is 8. The van der Waals surface area contributed by atoms with E-state index < -0.39 is 0 Å². The van der Waals surface area contributed by atoms with E-state index >= 15 is 0 Å². The van der Waals surface area contributed by atoms with Crippen LogP contribution in [0.4, 0.5) is 34.1 Å². The van der Waals surface area contributed by atoms with Crippen LogP contribution in [0, 0.1) is 0 Å². The summed E-state index contributed by atoms with van der Waals surface area (Å²) < 4.78 is 15.0. The van der Waals surface area contributed by atoms with Crippen LogP contribution in [0.1, 0.15) is 0 Å². The molecular formula is C48H30N2O2S. The highest BCUT2D eigenvalue weighted by Crippen LogP contribution is 2.50. The van der Waals surface area contributed by atoms with Gasteiger partial charge in [0.25, 0.3) is 0 Å². The molecule has 0 atom stereocenters. The number of hydrogen-bond donors (Lipinski definition) is 0. The maximum Gasteiger partial charge on any atom is 0.135 e. The minimum atomic E-state index is 0.875. The lowest BCUT2D eigenvalue weighted by Gasteiger charge is -2.30. The summed E-state index contributed by atoms with van der Waals surface area (Å²) in [6.07, 6.45) is 0. The van der Waals surface area contributed by atoms with E-state index in [0.29, 0.717) is 0 Å². The average Bonchev–Trinajstić information content (AvgIpc) is 3.90. The van der Waals surface area contributed by atoms with E-state index in [1.165, 1.54) is 20.2 Å². The number of para-hydroxylation sites is 4. The molecule has 53 heavy (non-hydrogen) atoms. The van der Waals surface area contributed by atoms with Gasteiger partial charge >= 0.3 is 0 Å². The fourth-order valence-corrected chi connectivity index (χ4v) is 9.01. The van der Waals surface area contributed by atoms with Gasteiger partial charge in [-0.05, 0) is 91.0 Å². The van der Waals surface area contributed by atoms with Crippen LogP contribution >= 0.6 is 11.3 Å². The van der Waals surface area contributed by atoms with E-state index in [1.807, 2.05) is 35.6 Å². The first-order valence-electron chi connectivity index (χ1n) is 17.8. The van der Waals surface area contributed by atoms with E-state index in [9.17, 15) is 0 Å². The Hall–Kier alpha value is -6.82. The number of thiophene rings is 1. The van der Waals surface area contributed by atoms with Gasteiger partial charge in [-0.2, -0.15) is 0 Å². The first-order valence-corrected chi connectivity index (χ1v) is 18.6. The number of nitrogens with zero attached hydrogens (tertiary/aromatic N) is 2. The third kappa shape index (κ3) is 4.82. The zero-order chi connectivity index (χ0) is 34.9. The van der Waals surface area contributed by atoms with Crippen molar-refractivity contribution in [3.8, 4) is 0 Å². The Morgan fingerprint density at radius 2 is 0.792 bits per heavy atom. The van der Waals surface area contributed by atoms with Crippen molar-refractivity contribution in [3.63, 3.8) is 0 Å². The minimum absolute atomic E-state index is 0.875. The fraction of sp³-hybridized carbons (Fsp3) is 0. The first kappa shape index (κ1) is 29.9. The summed E-state index contributed by atoms with van der Waals surface area (Å²) in [5.41, 5.74) is 9.96. The van der Waals surface area contributed by atoms with Crippen LogP contribution < -0.4 is 9.80 Å². The van der Waals surface area contributed by atoms with Gasteiger partial charge in [0, 0.05) is 65.5 Å². The Balaban J connectivity index is 1.21. The van der Waals surface area contributed by atoms with Gasteiger partial charge in [0.15, 0.2) is 0 Å². The molecule has 0 aliphatic carbocycles. The van der Waals surface area contributed by atoms with Gasteiger partial charge in [0.2, 0.25) is 0 Å². The van der Waals surface area contributed by atoms with Gasteiger partial charge in [-0.25, -0.2) is 0 Å². The molecule has 250 valence electrons. The Morgan fingerprint density at radius 1 is 0.321 bits per heavy atom. The predicted octanol–water partition coefficient (Wildman–Crippen LogP) is 14.8. The Bertz CT molecular complexity index is 3140. The number of rotatable bonds is 6. The molecule has 0 spiro atoms. The zero-order valence-corrected chi connectivity index (χ0v) is 29.3. The second kappa shape index (κ2) is 11.9. The van der Waals surface area contributed by atoms with Crippen LogP contribution in [0.3, 0.4) is 0 Å². The summed E-state index contributed by atoms with van der Waals surface area (Å²) in [5, 5.41) is 6.85. The number of hydrogen-bond acceptors (Lipinski definition) is 5. The molecule has 3 heterocycles. The zero-order valence-electron chi connectivity index (χ0n) is 28.4. The van der Waals surface area contributed by atoms with Crippen LogP contribution in [-0.2, 0) is 0 Å². The lowest BCUT2D eigenvalue weighted by Crippen LogP contribution is -2.13. The lowest BCUT2D eigenvalue weighted by atomic mass is 10.1. The molecule has 11 rings (SSSR count). The summed E-state index contributed by atoms with van der Waals surface area (Å²) in [5.74, 6) is 0. The summed E-state index contributed by atoms with van der Waals surface area (Å²) in [4.78, 5) is 4.77. The smallest absolute Gasteiger partial charge is 0.135 e. The van der Waals surface area contributed by atoms with Gasteiger partial charge in [0.05, 0.1) is 10.4 Å². The van der Waals surface area contributed by atoms with E-state index in [0.717, 1.165) is 78.0 Å². The van der Waals surface area contributed by atoms with Gasteiger partial charge in [-0.15, -0.1) is 11.3 Å². The molecule has 0 saturated heterocycles. The largest absolute Gasteiger partial charge is 0.456 e. The Labute approximate surface area is 308 Å². The number of furan rings is 2. The Kier molecular flexibility index (Phi) is 6.69. The highest BCUT2D eigenvalue weighted by atomic mass is 32.1. The maximum atomic E-state index is 6.28. The monoisotopic (exact) mass is 698 g/mol. The molecule has 0 radical (unpaired) electrons. The normalized spacial score (nSPS) is 11.8. The predicted molar refractivity (Wildman–Crippen MR) is 223 cm³/mol. The van der Waals surface area contributed by atoms with Gasteiger partial charge in [0.1, 0.15) is 22.3 Å². The highest BCUT2D eigenvalue weighted by Gasteiger charge is 2.24. The van der Waals surface area contributed by atoms with Crippen molar-refractivity contribution in [3.05, 3.63) is 182 Å². The third-order valence-corrected chi connectivity index (χ3v) is 11.4.